The molecule has 0 bridgehead atoms. The molecule has 0 aliphatic carbocycles. The minimum absolute atomic E-state index is 0.152. The van der Waals surface area contributed by atoms with Gasteiger partial charge in [-0.2, -0.15) is 0 Å². The van der Waals surface area contributed by atoms with Crippen LogP contribution in [0.5, 0.6) is 0 Å². The van der Waals surface area contributed by atoms with E-state index in [1.54, 1.807) is 0 Å². The molecule has 1 amide bonds. The zero-order valence-electron chi connectivity index (χ0n) is 13.9. The first kappa shape index (κ1) is 15.7. The minimum Gasteiger partial charge on any atom is -0.393 e. The number of H-pyrrole nitrogens is 1. The van der Waals surface area contributed by atoms with E-state index in [4.69, 9.17) is 0 Å². The molecule has 3 aromatic rings. The first-order chi connectivity index (χ1) is 12.2. The van der Waals surface area contributed by atoms with Crippen molar-refractivity contribution in [1.82, 2.24) is 4.98 Å². The van der Waals surface area contributed by atoms with Crippen molar-refractivity contribution >= 4 is 28.2 Å². The number of amides is 1. The second-order valence-electron chi connectivity index (χ2n) is 6.46. The summed E-state index contributed by atoms with van der Waals surface area (Å²) in [6.07, 6.45) is 1.29. The summed E-state index contributed by atoms with van der Waals surface area (Å²) in [7, 11) is 0. The van der Waals surface area contributed by atoms with Crippen molar-refractivity contribution in [2.75, 3.05) is 23.3 Å². The van der Waals surface area contributed by atoms with E-state index < -0.39 is 0 Å². The summed E-state index contributed by atoms with van der Waals surface area (Å²) in [6.45, 7) is 1.58. The van der Waals surface area contributed by atoms with Crippen LogP contribution in [0.2, 0.25) is 0 Å². The quantitative estimate of drug-likeness (QED) is 0.687. The average Bonchev–Trinajstić information content (AvgIpc) is 3.07. The Bertz CT molecular complexity index is 862. The van der Waals surface area contributed by atoms with E-state index in [1.165, 1.54) is 0 Å². The van der Waals surface area contributed by atoms with Gasteiger partial charge in [0.1, 0.15) is 5.69 Å². The van der Waals surface area contributed by atoms with Crippen molar-refractivity contribution in [3.63, 3.8) is 0 Å². The van der Waals surface area contributed by atoms with Crippen LogP contribution in [0.4, 0.5) is 11.4 Å². The van der Waals surface area contributed by atoms with Gasteiger partial charge in [-0.15, -0.1) is 0 Å². The highest BCUT2D eigenvalue weighted by atomic mass is 16.3. The summed E-state index contributed by atoms with van der Waals surface area (Å²) < 4.78 is 0. The summed E-state index contributed by atoms with van der Waals surface area (Å²) >= 11 is 0. The molecule has 1 aliphatic heterocycles. The van der Waals surface area contributed by atoms with Crippen molar-refractivity contribution in [2.45, 2.75) is 18.9 Å². The van der Waals surface area contributed by atoms with Crippen LogP contribution >= 0.6 is 0 Å². The van der Waals surface area contributed by atoms with Crippen LogP contribution < -0.4 is 10.2 Å². The standard InChI is InChI=1S/C20H21N3O2/c24-15-9-11-23(12-10-15)19-8-4-3-7-17(19)22-20(25)18-13-14-5-1-2-6-16(14)21-18/h1-8,13,15,21,24H,9-12H2,(H,22,25). The number of piperidine rings is 1. The molecule has 2 aromatic carbocycles. The Hall–Kier alpha value is -2.79. The number of nitrogens with one attached hydrogen (secondary N) is 2. The number of para-hydroxylation sites is 3. The monoisotopic (exact) mass is 335 g/mol. The van der Waals surface area contributed by atoms with Gasteiger partial charge in [0.15, 0.2) is 0 Å². The van der Waals surface area contributed by atoms with Gasteiger partial charge in [-0.05, 0) is 37.1 Å². The number of benzene rings is 2. The molecule has 0 atom stereocenters. The molecule has 5 heteroatoms. The third kappa shape index (κ3) is 3.23. The Labute approximate surface area is 146 Å². The summed E-state index contributed by atoms with van der Waals surface area (Å²) in [5, 5.41) is 13.7. The predicted octanol–water partition coefficient (Wildman–Crippen LogP) is 3.38. The van der Waals surface area contributed by atoms with Gasteiger partial charge >= 0.3 is 0 Å². The Morgan fingerprint density at radius 3 is 2.60 bits per heavy atom. The molecular weight excluding hydrogens is 314 g/mol. The predicted molar refractivity (Wildman–Crippen MR) is 100 cm³/mol. The lowest BCUT2D eigenvalue weighted by Gasteiger charge is -2.32. The number of hydrogen-bond donors (Lipinski definition) is 3. The minimum atomic E-state index is -0.218. The number of carbonyl (C=O) groups is 1. The van der Waals surface area contributed by atoms with E-state index in [0.29, 0.717) is 5.69 Å². The number of aliphatic hydroxyl groups is 1. The molecule has 2 heterocycles. The van der Waals surface area contributed by atoms with Gasteiger partial charge in [0.25, 0.3) is 5.91 Å². The zero-order valence-corrected chi connectivity index (χ0v) is 13.9. The maximum absolute atomic E-state index is 12.7. The fourth-order valence-electron chi connectivity index (χ4n) is 3.35. The van der Waals surface area contributed by atoms with Crippen LogP contribution in [0.25, 0.3) is 10.9 Å². The van der Waals surface area contributed by atoms with Gasteiger partial charge in [0, 0.05) is 24.0 Å². The summed E-state index contributed by atoms with van der Waals surface area (Å²) in [6, 6.07) is 17.5. The fourth-order valence-corrected chi connectivity index (χ4v) is 3.35. The molecule has 0 spiro atoms. The van der Waals surface area contributed by atoms with E-state index in [-0.39, 0.29) is 12.0 Å². The molecule has 0 saturated carbocycles. The molecule has 1 fully saturated rings. The number of nitrogens with zero attached hydrogens (tertiary/aromatic N) is 1. The maximum atomic E-state index is 12.7. The molecule has 1 saturated heterocycles. The van der Waals surface area contributed by atoms with E-state index in [9.17, 15) is 9.90 Å². The third-order valence-electron chi connectivity index (χ3n) is 4.73. The van der Waals surface area contributed by atoms with Crippen LogP contribution in [0, 0.1) is 0 Å². The second-order valence-corrected chi connectivity index (χ2v) is 6.46. The van der Waals surface area contributed by atoms with Gasteiger partial charge in [0.05, 0.1) is 17.5 Å². The number of carbonyl (C=O) groups excluding carboxylic acids is 1. The maximum Gasteiger partial charge on any atom is 0.272 e. The van der Waals surface area contributed by atoms with Crippen molar-refractivity contribution in [1.29, 1.82) is 0 Å². The largest absolute Gasteiger partial charge is 0.393 e. The highest BCUT2D eigenvalue weighted by Gasteiger charge is 2.20. The first-order valence-corrected chi connectivity index (χ1v) is 8.62. The van der Waals surface area contributed by atoms with Gasteiger partial charge in [0.2, 0.25) is 0 Å². The summed E-state index contributed by atoms with van der Waals surface area (Å²) in [4.78, 5) is 18.0. The molecule has 1 aromatic heterocycles. The molecule has 0 unspecified atom stereocenters. The Morgan fingerprint density at radius 1 is 1.08 bits per heavy atom. The molecule has 25 heavy (non-hydrogen) atoms. The number of aromatic nitrogens is 1. The zero-order chi connectivity index (χ0) is 17.2. The van der Waals surface area contributed by atoms with Crippen LogP contribution in [-0.4, -0.2) is 35.2 Å². The summed E-state index contributed by atoms with van der Waals surface area (Å²) in [5.41, 5.74) is 3.29. The normalized spacial score (nSPS) is 15.5. The highest BCUT2D eigenvalue weighted by molar-refractivity contribution is 6.07. The number of hydrogen-bond acceptors (Lipinski definition) is 3. The fraction of sp³-hybridized carbons (Fsp3) is 0.250. The third-order valence-corrected chi connectivity index (χ3v) is 4.73. The number of aliphatic hydroxyl groups excluding tert-OH is 1. The molecular formula is C20H21N3O2. The average molecular weight is 335 g/mol. The molecule has 1 aliphatic rings. The van der Waals surface area contributed by atoms with Crippen LogP contribution in [0.3, 0.4) is 0 Å². The topological polar surface area (TPSA) is 68.4 Å². The van der Waals surface area contributed by atoms with Gasteiger partial charge in [-0.1, -0.05) is 30.3 Å². The van der Waals surface area contributed by atoms with Gasteiger partial charge in [-0.3, -0.25) is 4.79 Å². The van der Waals surface area contributed by atoms with Gasteiger partial charge in [-0.25, -0.2) is 0 Å². The van der Waals surface area contributed by atoms with Crippen LogP contribution in [0.1, 0.15) is 23.3 Å². The SMILES string of the molecule is O=C(Nc1ccccc1N1CCC(O)CC1)c1cc2ccccc2[nH]1. The molecule has 128 valence electrons. The lowest BCUT2D eigenvalue weighted by molar-refractivity contribution is 0.102. The number of fused-ring (bicyclic) bond motifs is 1. The van der Waals surface area contributed by atoms with E-state index in [0.717, 1.165) is 48.2 Å². The van der Waals surface area contributed by atoms with Crippen molar-refractivity contribution < 1.29 is 9.90 Å². The van der Waals surface area contributed by atoms with Gasteiger partial charge < -0.3 is 20.3 Å². The number of anilines is 2. The highest BCUT2D eigenvalue weighted by Crippen LogP contribution is 2.29. The first-order valence-electron chi connectivity index (χ1n) is 8.62. The lowest BCUT2D eigenvalue weighted by atomic mass is 10.1. The number of aromatic amines is 1. The van der Waals surface area contributed by atoms with Crippen LogP contribution in [0.15, 0.2) is 54.6 Å². The number of rotatable bonds is 3. The van der Waals surface area contributed by atoms with Crippen molar-refractivity contribution in [3.05, 3.63) is 60.3 Å². The molecule has 0 radical (unpaired) electrons. The van der Waals surface area contributed by atoms with Crippen molar-refractivity contribution in [3.8, 4) is 0 Å². The molecule has 3 N–H and O–H groups in total. The lowest BCUT2D eigenvalue weighted by Crippen LogP contribution is -2.36. The van der Waals surface area contributed by atoms with E-state index in [1.807, 2.05) is 54.6 Å². The second kappa shape index (κ2) is 6.61. The molecule has 4 rings (SSSR count). The Kier molecular flexibility index (Phi) is 4.15. The van der Waals surface area contributed by atoms with Crippen molar-refractivity contribution in [2.24, 2.45) is 0 Å². The smallest absolute Gasteiger partial charge is 0.272 e. The van der Waals surface area contributed by atoms with E-state index >= 15 is 0 Å². The summed E-state index contributed by atoms with van der Waals surface area (Å²) in [5.74, 6) is -0.152. The molecule has 5 nitrogen and oxygen atoms in total. The van der Waals surface area contributed by atoms with E-state index in [2.05, 4.69) is 15.2 Å². The Balaban J connectivity index is 1.57. The Morgan fingerprint density at radius 2 is 1.80 bits per heavy atom. The van der Waals surface area contributed by atoms with Crippen LogP contribution in [-0.2, 0) is 0 Å².